The van der Waals surface area contributed by atoms with Gasteiger partial charge in [-0.3, -0.25) is 4.79 Å². The van der Waals surface area contributed by atoms with Gasteiger partial charge in [0.15, 0.2) is 0 Å². The summed E-state index contributed by atoms with van der Waals surface area (Å²) < 4.78 is 0. The van der Waals surface area contributed by atoms with Crippen molar-refractivity contribution in [1.82, 2.24) is 5.32 Å². The number of aliphatic hydroxyl groups is 3. The Labute approximate surface area is 343 Å². The van der Waals surface area contributed by atoms with Crippen LogP contribution in [0.3, 0.4) is 0 Å². The van der Waals surface area contributed by atoms with Crippen molar-refractivity contribution < 1.29 is 20.1 Å². The number of rotatable bonds is 44. The van der Waals surface area contributed by atoms with Crippen LogP contribution in [-0.4, -0.2) is 46.1 Å². The fraction of sp³-hybridized carbons (Fsp3) is 0.860. The predicted octanol–water partition coefficient (Wildman–Crippen LogP) is 14.3. The SMILES string of the molecule is CCCCCCCCCCC/C=C\C/C=C\CCCCCCCCCCCCCCCC(O)CC(=O)NC(CO)C(O)/C=C/CCCCCCCCCCC. The number of allylic oxidation sites excluding steroid dienone is 5. The normalized spacial score (nSPS) is 13.8. The highest BCUT2D eigenvalue weighted by molar-refractivity contribution is 5.76. The fourth-order valence-electron chi connectivity index (χ4n) is 7.43. The molecule has 324 valence electrons. The van der Waals surface area contributed by atoms with Crippen LogP contribution in [0.4, 0.5) is 0 Å². The molecular formula is C50H95NO4. The molecule has 0 saturated carbocycles. The summed E-state index contributed by atoms with van der Waals surface area (Å²) in [5.74, 6) is -0.316. The van der Waals surface area contributed by atoms with E-state index in [4.69, 9.17) is 0 Å². The summed E-state index contributed by atoms with van der Waals surface area (Å²) >= 11 is 0. The van der Waals surface area contributed by atoms with Crippen molar-refractivity contribution >= 4 is 5.91 Å². The Kier molecular flexibility index (Phi) is 44.1. The quantitative estimate of drug-likeness (QED) is 0.0367. The third-order valence-electron chi connectivity index (χ3n) is 11.2. The maximum absolute atomic E-state index is 12.4. The van der Waals surface area contributed by atoms with Crippen molar-refractivity contribution in [2.75, 3.05) is 6.61 Å². The zero-order valence-corrected chi connectivity index (χ0v) is 36.8. The van der Waals surface area contributed by atoms with Crippen LogP contribution in [-0.2, 0) is 4.79 Å². The van der Waals surface area contributed by atoms with Crippen molar-refractivity contribution in [2.24, 2.45) is 0 Å². The molecule has 0 aromatic rings. The number of aliphatic hydroxyl groups excluding tert-OH is 3. The Morgan fingerprint density at radius 3 is 1.20 bits per heavy atom. The summed E-state index contributed by atoms with van der Waals surface area (Å²) in [6.07, 6.45) is 57.4. The smallest absolute Gasteiger partial charge is 0.222 e. The molecule has 55 heavy (non-hydrogen) atoms. The topological polar surface area (TPSA) is 89.8 Å². The number of unbranched alkanes of at least 4 members (excludes halogenated alkanes) is 31. The molecule has 1 amide bonds. The summed E-state index contributed by atoms with van der Waals surface area (Å²) in [6, 6.07) is -0.742. The number of hydrogen-bond donors (Lipinski definition) is 4. The third kappa shape index (κ3) is 42.0. The van der Waals surface area contributed by atoms with Crippen LogP contribution in [0, 0.1) is 0 Å². The van der Waals surface area contributed by atoms with Gasteiger partial charge in [0.2, 0.25) is 5.91 Å². The Morgan fingerprint density at radius 2 is 0.818 bits per heavy atom. The molecule has 3 atom stereocenters. The second-order valence-corrected chi connectivity index (χ2v) is 16.7. The summed E-state index contributed by atoms with van der Waals surface area (Å²) in [5, 5.41) is 33.2. The second-order valence-electron chi connectivity index (χ2n) is 16.7. The van der Waals surface area contributed by atoms with E-state index < -0.39 is 18.2 Å². The van der Waals surface area contributed by atoms with Gasteiger partial charge in [-0.2, -0.15) is 0 Å². The summed E-state index contributed by atoms with van der Waals surface area (Å²) in [4.78, 5) is 12.4. The monoisotopic (exact) mass is 774 g/mol. The van der Waals surface area contributed by atoms with E-state index in [0.717, 1.165) is 32.1 Å². The lowest BCUT2D eigenvalue weighted by Gasteiger charge is -2.21. The maximum atomic E-state index is 12.4. The summed E-state index contributed by atoms with van der Waals surface area (Å²) in [6.45, 7) is 4.20. The first-order chi connectivity index (χ1) is 27.0. The van der Waals surface area contributed by atoms with Crippen molar-refractivity contribution in [1.29, 1.82) is 0 Å². The van der Waals surface area contributed by atoms with E-state index in [-0.39, 0.29) is 18.9 Å². The molecule has 5 heteroatoms. The Balaban J connectivity index is 3.55. The van der Waals surface area contributed by atoms with Gasteiger partial charge in [0.1, 0.15) is 0 Å². The van der Waals surface area contributed by atoms with Gasteiger partial charge < -0.3 is 20.6 Å². The van der Waals surface area contributed by atoms with Crippen LogP contribution >= 0.6 is 0 Å². The zero-order chi connectivity index (χ0) is 40.1. The number of hydrogen-bond acceptors (Lipinski definition) is 4. The minimum Gasteiger partial charge on any atom is -0.394 e. The molecule has 0 fully saturated rings. The van der Waals surface area contributed by atoms with E-state index in [1.54, 1.807) is 6.08 Å². The predicted molar refractivity (Wildman–Crippen MR) is 241 cm³/mol. The molecule has 0 bridgehead atoms. The first kappa shape index (κ1) is 53.6. The minimum absolute atomic E-state index is 0.0137. The van der Waals surface area contributed by atoms with Gasteiger partial charge in [-0.05, 0) is 51.4 Å². The molecule has 0 aromatic heterocycles. The lowest BCUT2D eigenvalue weighted by molar-refractivity contribution is -0.124. The Hall–Kier alpha value is -1.43. The lowest BCUT2D eigenvalue weighted by Crippen LogP contribution is -2.45. The highest BCUT2D eigenvalue weighted by Crippen LogP contribution is 2.16. The second kappa shape index (κ2) is 45.3. The Morgan fingerprint density at radius 1 is 0.473 bits per heavy atom. The van der Waals surface area contributed by atoms with Crippen LogP contribution in [0.15, 0.2) is 36.5 Å². The van der Waals surface area contributed by atoms with E-state index in [9.17, 15) is 20.1 Å². The van der Waals surface area contributed by atoms with Gasteiger partial charge in [-0.25, -0.2) is 0 Å². The molecule has 5 nitrogen and oxygen atoms in total. The van der Waals surface area contributed by atoms with E-state index in [1.165, 1.54) is 193 Å². The lowest BCUT2D eigenvalue weighted by atomic mass is 10.0. The summed E-state index contributed by atoms with van der Waals surface area (Å²) in [7, 11) is 0. The van der Waals surface area contributed by atoms with Crippen LogP contribution in [0.1, 0.15) is 251 Å². The van der Waals surface area contributed by atoms with Gasteiger partial charge in [0, 0.05) is 0 Å². The largest absolute Gasteiger partial charge is 0.394 e. The number of carbonyl (C=O) groups is 1. The Bertz CT molecular complexity index is 855. The third-order valence-corrected chi connectivity index (χ3v) is 11.2. The molecule has 0 rings (SSSR count). The average Bonchev–Trinajstić information content (AvgIpc) is 3.18. The highest BCUT2D eigenvalue weighted by atomic mass is 16.3. The molecule has 0 spiro atoms. The molecular weight excluding hydrogens is 679 g/mol. The molecule has 0 saturated heterocycles. The zero-order valence-electron chi connectivity index (χ0n) is 36.8. The van der Waals surface area contributed by atoms with Gasteiger partial charge in [0.25, 0.3) is 0 Å². The molecule has 0 aliphatic heterocycles. The van der Waals surface area contributed by atoms with Crippen molar-refractivity contribution in [3.05, 3.63) is 36.5 Å². The average molecular weight is 774 g/mol. The van der Waals surface area contributed by atoms with Crippen LogP contribution in [0.5, 0.6) is 0 Å². The molecule has 0 radical (unpaired) electrons. The van der Waals surface area contributed by atoms with Gasteiger partial charge in [0.05, 0.1) is 31.3 Å². The van der Waals surface area contributed by atoms with E-state index in [0.29, 0.717) is 6.42 Å². The molecule has 0 aromatic carbocycles. The maximum Gasteiger partial charge on any atom is 0.222 e. The molecule has 3 unspecified atom stereocenters. The summed E-state index contributed by atoms with van der Waals surface area (Å²) in [5.41, 5.74) is 0. The van der Waals surface area contributed by atoms with E-state index in [1.807, 2.05) is 6.08 Å². The van der Waals surface area contributed by atoms with Crippen molar-refractivity contribution in [3.8, 4) is 0 Å². The minimum atomic E-state index is -0.927. The van der Waals surface area contributed by atoms with Crippen molar-refractivity contribution in [3.63, 3.8) is 0 Å². The van der Waals surface area contributed by atoms with E-state index >= 15 is 0 Å². The molecule has 0 heterocycles. The molecule has 0 aliphatic rings. The molecule has 4 N–H and O–H groups in total. The number of nitrogens with one attached hydrogen (secondary N) is 1. The first-order valence-corrected chi connectivity index (χ1v) is 24.3. The fourth-order valence-corrected chi connectivity index (χ4v) is 7.43. The van der Waals surface area contributed by atoms with Crippen molar-refractivity contribution in [2.45, 2.75) is 270 Å². The van der Waals surface area contributed by atoms with Crippen LogP contribution in [0.2, 0.25) is 0 Å². The molecule has 0 aliphatic carbocycles. The number of amides is 1. The van der Waals surface area contributed by atoms with Gasteiger partial charge in [-0.1, -0.05) is 230 Å². The number of carbonyl (C=O) groups excluding carboxylic acids is 1. The van der Waals surface area contributed by atoms with Gasteiger partial charge in [-0.15, -0.1) is 0 Å². The van der Waals surface area contributed by atoms with Gasteiger partial charge >= 0.3 is 0 Å². The standard InChI is InChI=1S/C50H95NO4/c1-3-5-7-9-11-13-15-16-17-18-19-20-21-22-23-24-25-26-27-28-29-30-31-32-34-35-37-39-41-43-47(53)45-50(55)51-48(46-52)49(54)44-42-40-38-36-33-14-12-10-8-6-4-2/h19-20,22-23,42,44,47-49,52-54H,3-18,21,24-41,43,45-46H2,1-2H3,(H,51,55)/b20-19-,23-22-,44-42+. The highest BCUT2D eigenvalue weighted by Gasteiger charge is 2.20. The van der Waals surface area contributed by atoms with E-state index in [2.05, 4.69) is 43.5 Å². The van der Waals surface area contributed by atoms with Crippen LogP contribution in [0.25, 0.3) is 0 Å². The first-order valence-electron chi connectivity index (χ1n) is 24.3. The van der Waals surface area contributed by atoms with Crippen LogP contribution < -0.4 is 5.32 Å².